The van der Waals surface area contributed by atoms with Crippen LogP contribution in [-0.4, -0.2) is 28.9 Å². The van der Waals surface area contributed by atoms with E-state index in [0.29, 0.717) is 18.2 Å². The van der Waals surface area contributed by atoms with Crippen LogP contribution >= 0.6 is 0 Å². The molecule has 2 N–H and O–H groups in total. The zero-order valence-corrected chi connectivity index (χ0v) is 10.2. The van der Waals surface area contributed by atoms with Crippen molar-refractivity contribution in [2.75, 3.05) is 13.1 Å². The largest absolute Gasteiger partial charge is 0.337 e. The Morgan fingerprint density at radius 3 is 3.00 bits per heavy atom. The molecular weight excluding hydrogens is 214 g/mol. The van der Waals surface area contributed by atoms with Crippen molar-refractivity contribution in [2.45, 2.75) is 26.3 Å². The first-order valence-electron chi connectivity index (χ1n) is 6.15. The van der Waals surface area contributed by atoms with E-state index in [9.17, 15) is 4.79 Å². The van der Waals surface area contributed by atoms with Gasteiger partial charge in [0.1, 0.15) is 5.69 Å². The molecule has 92 valence electrons. The van der Waals surface area contributed by atoms with Crippen molar-refractivity contribution in [1.82, 2.24) is 9.88 Å². The van der Waals surface area contributed by atoms with Gasteiger partial charge in [0.2, 0.25) is 0 Å². The van der Waals surface area contributed by atoms with Crippen LogP contribution in [0.25, 0.3) is 0 Å². The lowest BCUT2D eigenvalue weighted by atomic mass is 10.00. The Morgan fingerprint density at radius 1 is 1.59 bits per heavy atom. The molecule has 1 aliphatic rings. The van der Waals surface area contributed by atoms with Crippen LogP contribution in [0.2, 0.25) is 0 Å². The molecule has 0 aliphatic carbocycles. The van der Waals surface area contributed by atoms with Gasteiger partial charge in [-0.15, -0.1) is 0 Å². The van der Waals surface area contributed by atoms with Crippen molar-refractivity contribution < 1.29 is 4.79 Å². The highest BCUT2D eigenvalue weighted by Gasteiger charge is 2.22. The van der Waals surface area contributed by atoms with Crippen LogP contribution in [0.1, 0.15) is 35.8 Å². The highest BCUT2D eigenvalue weighted by atomic mass is 16.2. The number of piperidine rings is 1. The average Bonchev–Trinajstić information content (AvgIpc) is 2.38. The van der Waals surface area contributed by atoms with Crippen LogP contribution in [-0.2, 0) is 6.54 Å². The minimum Gasteiger partial charge on any atom is -0.337 e. The van der Waals surface area contributed by atoms with E-state index in [1.54, 1.807) is 12.3 Å². The van der Waals surface area contributed by atoms with Crippen molar-refractivity contribution in [2.24, 2.45) is 11.7 Å². The molecule has 17 heavy (non-hydrogen) atoms. The van der Waals surface area contributed by atoms with E-state index in [1.165, 1.54) is 6.42 Å². The van der Waals surface area contributed by atoms with Crippen molar-refractivity contribution in [3.63, 3.8) is 0 Å². The SMILES string of the molecule is CC1CCCN(C(=O)c2ccc(CN)cn2)C1. The number of amides is 1. The van der Waals surface area contributed by atoms with Crippen LogP contribution in [0.3, 0.4) is 0 Å². The minimum atomic E-state index is 0.0418. The van der Waals surface area contributed by atoms with Gasteiger partial charge in [-0.05, 0) is 30.4 Å². The molecule has 1 aliphatic heterocycles. The summed E-state index contributed by atoms with van der Waals surface area (Å²) in [6, 6.07) is 3.64. The summed E-state index contributed by atoms with van der Waals surface area (Å²) in [6.45, 7) is 4.34. The van der Waals surface area contributed by atoms with E-state index in [4.69, 9.17) is 5.73 Å². The second-order valence-electron chi connectivity index (χ2n) is 4.75. The molecule has 1 aromatic heterocycles. The van der Waals surface area contributed by atoms with Gasteiger partial charge in [0, 0.05) is 25.8 Å². The smallest absolute Gasteiger partial charge is 0.272 e. The quantitative estimate of drug-likeness (QED) is 0.840. The standard InChI is InChI=1S/C13H19N3O/c1-10-3-2-6-16(9-10)13(17)12-5-4-11(7-14)8-15-12/h4-5,8,10H,2-3,6-7,9,14H2,1H3. The number of likely N-dealkylation sites (tertiary alicyclic amines) is 1. The third-order valence-electron chi connectivity index (χ3n) is 3.22. The first kappa shape index (κ1) is 12.0. The van der Waals surface area contributed by atoms with Crippen molar-refractivity contribution in [1.29, 1.82) is 0 Å². The molecule has 1 unspecified atom stereocenters. The number of aromatic nitrogens is 1. The van der Waals surface area contributed by atoms with E-state index < -0.39 is 0 Å². The summed E-state index contributed by atoms with van der Waals surface area (Å²) in [7, 11) is 0. The minimum absolute atomic E-state index is 0.0418. The van der Waals surface area contributed by atoms with E-state index in [1.807, 2.05) is 11.0 Å². The Kier molecular flexibility index (Phi) is 3.74. The van der Waals surface area contributed by atoms with Gasteiger partial charge in [0.15, 0.2) is 0 Å². The molecule has 1 atom stereocenters. The van der Waals surface area contributed by atoms with E-state index >= 15 is 0 Å². The molecule has 0 radical (unpaired) electrons. The number of nitrogens with two attached hydrogens (primary N) is 1. The first-order valence-corrected chi connectivity index (χ1v) is 6.15. The molecule has 0 bridgehead atoms. The number of carbonyl (C=O) groups excluding carboxylic acids is 1. The molecule has 0 saturated carbocycles. The van der Waals surface area contributed by atoms with Crippen LogP contribution < -0.4 is 5.73 Å². The molecule has 1 fully saturated rings. The van der Waals surface area contributed by atoms with Gasteiger partial charge in [-0.1, -0.05) is 13.0 Å². The van der Waals surface area contributed by atoms with Gasteiger partial charge in [-0.2, -0.15) is 0 Å². The predicted octanol–water partition coefficient (Wildman–Crippen LogP) is 1.41. The predicted molar refractivity (Wildman–Crippen MR) is 66.4 cm³/mol. The van der Waals surface area contributed by atoms with Gasteiger partial charge in [-0.3, -0.25) is 9.78 Å². The van der Waals surface area contributed by atoms with Gasteiger partial charge < -0.3 is 10.6 Å². The number of hydrogen-bond acceptors (Lipinski definition) is 3. The molecule has 2 heterocycles. The second kappa shape index (κ2) is 5.27. The van der Waals surface area contributed by atoms with Gasteiger partial charge in [0.25, 0.3) is 5.91 Å². The van der Waals surface area contributed by atoms with Crippen LogP contribution in [0.15, 0.2) is 18.3 Å². The average molecular weight is 233 g/mol. The van der Waals surface area contributed by atoms with E-state index in [-0.39, 0.29) is 5.91 Å². The summed E-state index contributed by atoms with van der Waals surface area (Å²) in [5.74, 6) is 0.635. The molecule has 4 nitrogen and oxygen atoms in total. The fourth-order valence-corrected chi connectivity index (χ4v) is 2.21. The Hall–Kier alpha value is -1.42. The van der Waals surface area contributed by atoms with Gasteiger partial charge >= 0.3 is 0 Å². The monoisotopic (exact) mass is 233 g/mol. The topological polar surface area (TPSA) is 59.2 Å². The Labute approximate surface area is 102 Å². The third-order valence-corrected chi connectivity index (χ3v) is 3.22. The summed E-state index contributed by atoms with van der Waals surface area (Å²) in [5.41, 5.74) is 6.98. The van der Waals surface area contributed by atoms with Gasteiger partial charge in [0.05, 0.1) is 0 Å². The van der Waals surface area contributed by atoms with Crippen LogP contribution in [0.5, 0.6) is 0 Å². The lowest BCUT2D eigenvalue weighted by Crippen LogP contribution is -2.39. The van der Waals surface area contributed by atoms with Crippen molar-refractivity contribution in [3.8, 4) is 0 Å². The molecule has 0 aromatic carbocycles. The summed E-state index contributed by atoms with van der Waals surface area (Å²) in [5, 5.41) is 0. The fraction of sp³-hybridized carbons (Fsp3) is 0.538. The third kappa shape index (κ3) is 2.82. The summed E-state index contributed by atoms with van der Waals surface area (Å²) < 4.78 is 0. The normalized spacial score (nSPS) is 20.4. The lowest BCUT2D eigenvalue weighted by Gasteiger charge is -2.30. The molecule has 1 aromatic rings. The zero-order valence-electron chi connectivity index (χ0n) is 10.2. The maximum Gasteiger partial charge on any atom is 0.272 e. The number of rotatable bonds is 2. The Morgan fingerprint density at radius 2 is 2.41 bits per heavy atom. The number of carbonyl (C=O) groups is 1. The molecule has 0 spiro atoms. The highest BCUT2D eigenvalue weighted by molar-refractivity contribution is 5.92. The molecule has 2 rings (SSSR count). The van der Waals surface area contributed by atoms with Crippen molar-refractivity contribution >= 4 is 5.91 Å². The molecule has 1 amide bonds. The number of nitrogens with zero attached hydrogens (tertiary/aromatic N) is 2. The van der Waals surface area contributed by atoms with Crippen LogP contribution in [0, 0.1) is 5.92 Å². The number of pyridine rings is 1. The number of hydrogen-bond donors (Lipinski definition) is 1. The first-order chi connectivity index (χ1) is 8.20. The summed E-state index contributed by atoms with van der Waals surface area (Å²) in [6.07, 6.45) is 3.98. The fourth-order valence-electron chi connectivity index (χ4n) is 2.21. The molecule has 1 saturated heterocycles. The van der Waals surface area contributed by atoms with E-state index in [0.717, 1.165) is 25.1 Å². The lowest BCUT2D eigenvalue weighted by molar-refractivity contribution is 0.0677. The van der Waals surface area contributed by atoms with Crippen molar-refractivity contribution in [3.05, 3.63) is 29.6 Å². The highest BCUT2D eigenvalue weighted by Crippen LogP contribution is 2.17. The van der Waals surface area contributed by atoms with Crippen LogP contribution in [0.4, 0.5) is 0 Å². The second-order valence-corrected chi connectivity index (χ2v) is 4.75. The molecule has 4 heteroatoms. The Bertz CT molecular complexity index is 388. The maximum absolute atomic E-state index is 12.2. The zero-order chi connectivity index (χ0) is 12.3. The molecular formula is C13H19N3O. The van der Waals surface area contributed by atoms with E-state index in [2.05, 4.69) is 11.9 Å². The summed E-state index contributed by atoms with van der Waals surface area (Å²) in [4.78, 5) is 18.3. The van der Waals surface area contributed by atoms with Gasteiger partial charge in [-0.25, -0.2) is 0 Å². The Balaban J connectivity index is 2.07. The summed E-state index contributed by atoms with van der Waals surface area (Å²) >= 11 is 0. The maximum atomic E-state index is 12.2.